The van der Waals surface area contributed by atoms with Crippen molar-refractivity contribution < 1.29 is 28.9 Å². The zero-order valence-electron chi connectivity index (χ0n) is 14.7. The van der Waals surface area contributed by atoms with Crippen molar-refractivity contribution in [3.63, 3.8) is 0 Å². The van der Waals surface area contributed by atoms with Crippen molar-refractivity contribution in [1.82, 2.24) is 4.90 Å². The minimum atomic E-state index is -0.964. The molecule has 1 amide bonds. The van der Waals surface area contributed by atoms with E-state index in [9.17, 15) is 9.59 Å². The van der Waals surface area contributed by atoms with Gasteiger partial charge in [0, 0.05) is 13.2 Å². The van der Waals surface area contributed by atoms with Crippen molar-refractivity contribution in [3.05, 3.63) is 0 Å². The number of carboxylic acids is 1. The van der Waals surface area contributed by atoms with Crippen LogP contribution < -0.4 is 0 Å². The molecule has 0 bridgehead atoms. The summed E-state index contributed by atoms with van der Waals surface area (Å²) in [5.74, 6) is -0.964. The molecule has 0 radical (unpaired) electrons. The molecule has 0 aromatic carbocycles. The van der Waals surface area contributed by atoms with Gasteiger partial charge < -0.3 is 19.3 Å². The summed E-state index contributed by atoms with van der Waals surface area (Å²) in [4.78, 5) is 25.4. The Labute approximate surface area is 137 Å². The van der Waals surface area contributed by atoms with Crippen molar-refractivity contribution in [2.45, 2.75) is 77.2 Å². The van der Waals surface area contributed by atoms with Crippen LogP contribution in [0.4, 0.5) is 4.79 Å². The van der Waals surface area contributed by atoms with E-state index in [1.54, 1.807) is 4.90 Å². The van der Waals surface area contributed by atoms with Gasteiger partial charge in [0.25, 0.3) is 0 Å². The molecular formula is C16H29NO6. The normalized spacial score (nSPS) is 23.4. The van der Waals surface area contributed by atoms with Gasteiger partial charge in [0.1, 0.15) is 12.4 Å². The maximum absolute atomic E-state index is 12.6. The standard InChI is InChI=1S/C16H29NO6/c1-11-7-6-8-12(13(9-14(18)19)22-10-21-5)17(11)15(20)23-16(2,3)4/h11-13H,6-10H2,1-5H3,(H,18,19)/t11-,12+,13-/m0/s1. The van der Waals surface area contributed by atoms with E-state index in [0.717, 1.165) is 12.8 Å². The highest BCUT2D eigenvalue weighted by molar-refractivity contribution is 5.70. The summed E-state index contributed by atoms with van der Waals surface area (Å²) in [6, 6.07) is -0.356. The fraction of sp³-hybridized carbons (Fsp3) is 0.875. The highest BCUT2D eigenvalue weighted by atomic mass is 16.7. The van der Waals surface area contributed by atoms with Crippen molar-refractivity contribution >= 4 is 12.1 Å². The number of rotatable bonds is 6. The summed E-state index contributed by atoms with van der Waals surface area (Å²) in [6.07, 6.45) is 1.23. The maximum atomic E-state index is 12.6. The number of aliphatic carboxylic acids is 1. The van der Waals surface area contributed by atoms with Crippen LogP contribution in [-0.2, 0) is 19.0 Å². The molecule has 1 fully saturated rings. The average molecular weight is 331 g/mol. The van der Waals surface area contributed by atoms with Crippen molar-refractivity contribution in [3.8, 4) is 0 Å². The number of hydrogen-bond acceptors (Lipinski definition) is 5. The predicted octanol–water partition coefficient (Wildman–Crippen LogP) is 2.63. The lowest BCUT2D eigenvalue weighted by molar-refractivity contribution is -0.149. The smallest absolute Gasteiger partial charge is 0.410 e. The van der Waals surface area contributed by atoms with Crippen molar-refractivity contribution in [2.75, 3.05) is 13.9 Å². The Balaban J connectivity index is 2.95. The lowest BCUT2D eigenvalue weighted by Gasteiger charge is -2.43. The van der Waals surface area contributed by atoms with E-state index < -0.39 is 23.8 Å². The van der Waals surface area contributed by atoms with Gasteiger partial charge in [-0.3, -0.25) is 9.69 Å². The van der Waals surface area contributed by atoms with E-state index in [4.69, 9.17) is 19.3 Å². The fourth-order valence-corrected chi connectivity index (χ4v) is 2.86. The maximum Gasteiger partial charge on any atom is 0.410 e. The van der Waals surface area contributed by atoms with Crippen LogP contribution in [0, 0.1) is 0 Å². The first-order valence-electron chi connectivity index (χ1n) is 7.99. The van der Waals surface area contributed by atoms with Crippen LogP contribution in [0.3, 0.4) is 0 Å². The molecule has 1 aliphatic heterocycles. The largest absolute Gasteiger partial charge is 0.481 e. The number of methoxy groups -OCH3 is 1. The molecule has 1 aliphatic rings. The number of carbonyl (C=O) groups is 2. The van der Waals surface area contributed by atoms with Crippen LogP contribution in [0.25, 0.3) is 0 Å². The second-order valence-electron chi connectivity index (χ2n) is 6.94. The molecule has 1 rings (SSSR count). The van der Waals surface area contributed by atoms with Gasteiger partial charge in [-0.15, -0.1) is 0 Å². The Morgan fingerprint density at radius 1 is 1.30 bits per heavy atom. The van der Waals surface area contributed by atoms with Crippen LogP contribution in [-0.4, -0.2) is 59.8 Å². The van der Waals surface area contributed by atoms with Gasteiger partial charge in [-0.05, 0) is 47.0 Å². The molecule has 7 heteroatoms. The van der Waals surface area contributed by atoms with Gasteiger partial charge >= 0.3 is 12.1 Å². The first kappa shape index (κ1) is 19.7. The highest BCUT2D eigenvalue weighted by Crippen LogP contribution is 2.29. The molecule has 0 aliphatic carbocycles. The molecule has 0 unspecified atom stereocenters. The van der Waals surface area contributed by atoms with Gasteiger partial charge in [-0.25, -0.2) is 4.79 Å². The highest BCUT2D eigenvalue weighted by Gasteiger charge is 2.40. The Morgan fingerprint density at radius 2 is 1.96 bits per heavy atom. The van der Waals surface area contributed by atoms with Crippen LogP contribution >= 0.6 is 0 Å². The van der Waals surface area contributed by atoms with E-state index in [1.807, 2.05) is 27.7 Å². The first-order chi connectivity index (χ1) is 10.7. The Kier molecular flexibility index (Phi) is 7.28. The zero-order valence-corrected chi connectivity index (χ0v) is 14.7. The fourth-order valence-electron chi connectivity index (χ4n) is 2.86. The molecule has 23 heavy (non-hydrogen) atoms. The summed E-state index contributed by atoms with van der Waals surface area (Å²) >= 11 is 0. The zero-order chi connectivity index (χ0) is 17.6. The molecule has 0 saturated carbocycles. The minimum absolute atomic E-state index is 0.00894. The number of piperidine rings is 1. The lowest BCUT2D eigenvalue weighted by Crippen LogP contribution is -2.56. The topological polar surface area (TPSA) is 85.3 Å². The summed E-state index contributed by atoms with van der Waals surface area (Å²) in [6.45, 7) is 7.37. The molecule has 7 nitrogen and oxygen atoms in total. The number of likely N-dealkylation sites (tertiary alicyclic amines) is 1. The van der Waals surface area contributed by atoms with Gasteiger partial charge in [-0.1, -0.05) is 0 Å². The van der Waals surface area contributed by atoms with E-state index in [1.165, 1.54) is 7.11 Å². The molecule has 3 atom stereocenters. The Hall–Kier alpha value is -1.34. The first-order valence-corrected chi connectivity index (χ1v) is 7.99. The predicted molar refractivity (Wildman–Crippen MR) is 84.2 cm³/mol. The van der Waals surface area contributed by atoms with Crippen LogP contribution in [0.2, 0.25) is 0 Å². The molecule has 0 aromatic heterocycles. The number of nitrogens with zero attached hydrogens (tertiary/aromatic N) is 1. The number of carbonyl (C=O) groups excluding carboxylic acids is 1. The molecule has 0 spiro atoms. The minimum Gasteiger partial charge on any atom is -0.481 e. The quantitative estimate of drug-likeness (QED) is 0.753. The van der Waals surface area contributed by atoms with Crippen LogP contribution in [0.15, 0.2) is 0 Å². The second kappa shape index (κ2) is 8.49. The van der Waals surface area contributed by atoms with E-state index in [-0.39, 0.29) is 25.3 Å². The van der Waals surface area contributed by atoms with Crippen LogP contribution in [0.5, 0.6) is 0 Å². The Bertz CT molecular complexity index is 406. The van der Waals surface area contributed by atoms with Gasteiger partial charge in [0.2, 0.25) is 0 Å². The molecule has 0 aromatic rings. The second-order valence-corrected chi connectivity index (χ2v) is 6.94. The van der Waals surface area contributed by atoms with E-state index in [2.05, 4.69) is 0 Å². The van der Waals surface area contributed by atoms with Gasteiger partial charge in [-0.2, -0.15) is 0 Å². The van der Waals surface area contributed by atoms with E-state index in [0.29, 0.717) is 6.42 Å². The third-order valence-corrected chi connectivity index (χ3v) is 3.76. The number of carboxylic acid groups (broad SMARTS) is 1. The number of hydrogen-bond donors (Lipinski definition) is 1. The monoisotopic (exact) mass is 331 g/mol. The van der Waals surface area contributed by atoms with Crippen molar-refractivity contribution in [2.24, 2.45) is 0 Å². The third kappa shape index (κ3) is 6.35. The Morgan fingerprint density at radius 3 is 2.48 bits per heavy atom. The molecule has 1 N–H and O–H groups in total. The number of amides is 1. The SMILES string of the molecule is COCO[C@@H](CC(=O)O)[C@H]1CCC[C@H](C)N1C(=O)OC(C)(C)C. The van der Waals surface area contributed by atoms with Crippen LogP contribution in [0.1, 0.15) is 53.4 Å². The molecular weight excluding hydrogens is 302 g/mol. The number of ether oxygens (including phenoxy) is 3. The molecule has 1 saturated heterocycles. The van der Waals surface area contributed by atoms with E-state index >= 15 is 0 Å². The van der Waals surface area contributed by atoms with Gasteiger partial charge in [0.05, 0.1) is 18.6 Å². The summed E-state index contributed by atoms with van der Waals surface area (Å²) in [5.41, 5.74) is -0.603. The van der Waals surface area contributed by atoms with Crippen molar-refractivity contribution in [1.29, 1.82) is 0 Å². The van der Waals surface area contributed by atoms with Gasteiger partial charge in [0.15, 0.2) is 0 Å². The lowest BCUT2D eigenvalue weighted by atomic mass is 9.92. The summed E-state index contributed by atoms with van der Waals surface area (Å²) in [7, 11) is 1.48. The average Bonchev–Trinajstić information content (AvgIpc) is 2.40. The summed E-state index contributed by atoms with van der Waals surface area (Å²) in [5, 5.41) is 9.14. The third-order valence-electron chi connectivity index (χ3n) is 3.76. The molecule has 1 heterocycles. The summed E-state index contributed by atoms with van der Waals surface area (Å²) < 4.78 is 15.9. The molecule has 134 valence electrons.